The van der Waals surface area contributed by atoms with Gasteiger partial charge in [0.15, 0.2) is 0 Å². The van der Waals surface area contributed by atoms with E-state index in [0.717, 1.165) is 12.1 Å². The zero-order chi connectivity index (χ0) is 13.1. The molecule has 9 heteroatoms. The van der Waals surface area contributed by atoms with Gasteiger partial charge in [0.1, 0.15) is 11.6 Å². The Bertz CT molecular complexity index is 472. The van der Waals surface area contributed by atoms with Crippen molar-refractivity contribution < 1.29 is 26.3 Å². The van der Waals surface area contributed by atoms with Gasteiger partial charge in [-0.15, -0.1) is 13.2 Å². The minimum Gasteiger partial charge on any atom is -0.406 e. The molecule has 0 aliphatic rings. The summed E-state index contributed by atoms with van der Waals surface area (Å²) in [4.78, 5) is 0. The van der Waals surface area contributed by atoms with Crippen molar-refractivity contribution in [1.82, 2.24) is 0 Å². The predicted molar refractivity (Wildman–Crippen MR) is 56.4 cm³/mol. The maximum atomic E-state index is 11.8. The van der Waals surface area contributed by atoms with Crippen molar-refractivity contribution in [2.75, 3.05) is 11.2 Å². The van der Waals surface area contributed by atoms with E-state index in [1.807, 2.05) is 0 Å². The molecule has 1 rings (SSSR count). The minimum atomic E-state index is -4.76. The number of rotatable bonds is 4. The number of hydrogen-bond donors (Lipinski definition) is 1. The number of halogens is 4. The van der Waals surface area contributed by atoms with Gasteiger partial charge in [-0.05, 0) is 24.3 Å². The first-order valence-corrected chi connectivity index (χ1v) is 6.65. The van der Waals surface area contributed by atoms with Crippen LogP contribution in [0.1, 0.15) is 0 Å². The molecule has 4 nitrogen and oxygen atoms in total. The third kappa shape index (κ3) is 6.22. The highest BCUT2D eigenvalue weighted by molar-refractivity contribution is 8.13. The molecule has 1 N–H and O–H groups in total. The third-order valence-corrected chi connectivity index (χ3v) is 2.35. The van der Waals surface area contributed by atoms with E-state index in [1.54, 1.807) is 0 Å². The van der Waals surface area contributed by atoms with Crippen molar-refractivity contribution >= 4 is 25.4 Å². The first-order chi connectivity index (χ1) is 7.66. The molecule has 0 aliphatic heterocycles. The molecule has 0 spiro atoms. The molecule has 0 radical (unpaired) electrons. The number of hydrogen-bond acceptors (Lipinski definition) is 4. The van der Waals surface area contributed by atoms with Gasteiger partial charge in [0.05, 0.1) is 0 Å². The summed E-state index contributed by atoms with van der Waals surface area (Å²) in [5, 5.41) is 2.42. The smallest absolute Gasteiger partial charge is 0.406 e. The Morgan fingerprint density at radius 3 is 2.18 bits per heavy atom. The summed E-state index contributed by atoms with van der Waals surface area (Å²) in [6.07, 6.45) is -4.76. The van der Waals surface area contributed by atoms with Gasteiger partial charge in [0, 0.05) is 16.4 Å². The van der Waals surface area contributed by atoms with Gasteiger partial charge in [-0.25, -0.2) is 8.42 Å². The quantitative estimate of drug-likeness (QED) is 0.866. The lowest BCUT2D eigenvalue weighted by Gasteiger charge is -2.09. The molecule has 0 bridgehead atoms. The Morgan fingerprint density at radius 2 is 1.76 bits per heavy atom. The van der Waals surface area contributed by atoms with Crippen molar-refractivity contribution in [2.45, 2.75) is 6.36 Å². The van der Waals surface area contributed by atoms with Gasteiger partial charge in [0.2, 0.25) is 0 Å². The molecule has 96 valence electrons. The molecular weight excluding hydrogens is 283 g/mol. The average molecular weight is 290 g/mol. The first-order valence-electron chi connectivity index (χ1n) is 4.18. The summed E-state index contributed by atoms with van der Waals surface area (Å²) in [5.41, 5.74) is 0.309. The Labute approximate surface area is 99.8 Å². The minimum absolute atomic E-state index is 0.309. The topological polar surface area (TPSA) is 55.4 Å². The van der Waals surface area contributed by atoms with E-state index in [-0.39, 0.29) is 0 Å². The second kappa shape index (κ2) is 5.01. The molecule has 0 atom stereocenters. The largest absolute Gasteiger partial charge is 0.573 e. The fourth-order valence-corrected chi connectivity index (χ4v) is 1.45. The van der Waals surface area contributed by atoms with Crippen LogP contribution in [-0.4, -0.2) is 20.7 Å². The van der Waals surface area contributed by atoms with Gasteiger partial charge in [0.25, 0.3) is 9.05 Å². The SMILES string of the molecule is O=S(=O)(Cl)CNc1ccc(OC(F)(F)F)cc1. The molecule has 17 heavy (non-hydrogen) atoms. The molecular formula is C8H7ClF3NO3S. The van der Waals surface area contributed by atoms with Crippen molar-refractivity contribution in [3.8, 4) is 5.75 Å². The highest BCUT2D eigenvalue weighted by Crippen LogP contribution is 2.23. The lowest BCUT2D eigenvalue weighted by Crippen LogP contribution is -2.17. The molecule has 0 fully saturated rings. The first kappa shape index (κ1) is 13.9. The van der Waals surface area contributed by atoms with Crippen LogP contribution in [0.15, 0.2) is 24.3 Å². The summed E-state index contributed by atoms with van der Waals surface area (Å²) in [5.74, 6) is -0.912. The summed E-state index contributed by atoms with van der Waals surface area (Å²) < 4.78 is 60.2. The Morgan fingerprint density at radius 1 is 1.24 bits per heavy atom. The van der Waals surface area contributed by atoms with E-state index in [9.17, 15) is 21.6 Å². The van der Waals surface area contributed by atoms with Crippen LogP contribution in [0.3, 0.4) is 0 Å². The molecule has 0 amide bonds. The number of benzene rings is 1. The van der Waals surface area contributed by atoms with Crippen LogP contribution >= 0.6 is 10.7 Å². The van der Waals surface area contributed by atoms with Crippen molar-refractivity contribution in [3.63, 3.8) is 0 Å². The van der Waals surface area contributed by atoms with Crippen LogP contribution in [0.25, 0.3) is 0 Å². The molecule has 0 aliphatic carbocycles. The zero-order valence-corrected chi connectivity index (χ0v) is 9.73. The maximum absolute atomic E-state index is 11.8. The Kier molecular flexibility index (Phi) is 4.10. The van der Waals surface area contributed by atoms with Gasteiger partial charge < -0.3 is 10.1 Å². The summed E-state index contributed by atoms with van der Waals surface area (Å²) in [6.45, 7) is 0. The third-order valence-electron chi connectivity index (χ3n) is 1.54. The number of nitrogens with one attached hydrogen (secondary N) is 1. The maximum Gasteiger partial charge on any atom is 0.573 e. The summed E-state index contributed by atoms with van der Waals surface area (Å²) in [6, 6.07) is 4.58. The average Bonchev–Trinajstić information content (AvgIpc) is 2.13. The zero-order valence-electron chi connectivity index (χ0n) is 8.16. The predicted octanol–water partition coefficient (Wildman–Crippen LogP) is 2.52. The van der Waals surface area contributed by atoms with Gasteiger partial charge >= 0.3 is 6.36 Å². The van der Waals surface area contributed by atoms with Crippen molar-refractivity contribution in [3.05, 3.63) is 24.3 Å². The van der Waals surface area contributed by atoms with Crippen LogP contribution in [-0.2, 0) is 9.05 Å². The monoisotopic (exact) mass is 289 g/mol. The summed E-state index contributed by atoms with van der Waals surface area (Å²) in [7, 11) is 1.23. The Balaban J connectivity index is 2.62. The van der Waals surface area contributed by atoms with E-state index in [0.29, 0.717) is 5.69 Å². The number of ether oxygens (including phenoxy) is 1. The molecule has 0 saturated heterocycles. The molecule has 0 saturated carbocycles. The number of alkyl halides is 3. The van der Waals surface area contributed by atoms with E-state index >= 15 is 0 Å². The van der Waals surface area contributed by atoms with Crippen molar-refractivity contribution in [2.24, 2.45) is 0 Å². The van der Waals surface area contributed by atoms with E-state index < -0.39 is 27.0 Å². The highest BCUT2D eigenvalue weighted by atomic mass is 35.7. The standard InChI is InChI=1S/C8H7ClF3NO3S/c9-17(14,15)5-13-6-1-3-7(4-2-6)16-8(10,11)12/h1-4,13H,5H2. The van der Waals surface area contributed by atoms with Crippen LogP contribution < -0.4 is 10.1 Å². The fourth-order valence-electron chi connectivity index (χ4n) is 0.944. The van der Waals surface area contributed by atoms with E-state index in [2.05, 4.69) is 10.1 Å². The van der Waals surface area contributed by atoms with Crippen LogP contribution in [0.2, 0.25) is 0 Å². The van der Waals surface area contributed by atoms with E-state index in [1.165, 1.54) is 12.1 Å². The second-order valence-electron chi connectivity index (χ2n) is 2.93. The van der Waals surface area contributed by atoms with Gasteiger partial charge in [-0.1, -0.05) is 0 Å². The number of anilines is 1. The molecule has 0 unspecified atom stereocenters. The van der Waals surface area contributed by atoms with Gasteiger partial charge in [-0.3, -0.25) is 0 Å². The molecule has 0 heterocycles. The molecule has 1 aromatic carbocycles. The fraction of sp³-hybridized carbons (Fsp3) is 0.250. The molecule has 1 aromatic rings. The lowest BCUT2D eigenvalue weighted by atomic mass is 10.3. The molecule has 0 aromatic heterocycles. The van der Waals surface area contributed by atoms with Crippen molar-refractivity contribution in [1.29, 1.82) is 0 Å². The normalized spacial score (nSPS) is 12.2. The van der Waals surface area contributed by atoms with Gasteiger partial charge in [-0.2, -0.15) is 0 Å². The van der Waals surface area contributed by atoms with Crippen LogP contribution in [0.4, 0.5) is 18.9 Å². The summed E-state index contributed by atoms with van der Waals surface area (Å²) >= 11 is 0. The van der Waals surface area contributed by atoms with E-state index in [4.69, 9.17) is 10.7 Å². The Hall–Kier alpha value is -1.15. The highest BCUT2D eigenvalue weighted by Gasteiger charge is 2.30. The second-order valence-corrected chi connectivity index (χ2v) is 5.71. The van der Waals surface area contributed by atoms with Crippen LogP contribution in [0.5, 0.6) is 5.75 Å². The lowest BCUT2D eigenvalue weighted by molar-refractivity contribution is -0.274. The van der Waals surface area contributed by atoms with Crippen LogP contribution in [0, 0.1) is 0 Å².